The van der Waals surface area contributed by atoms with Gasteiger partial charge < -0.3 is 20.0 Å². The van der Waals surface area contributed by atoms with E-state index in [0.717, 1.165) is 24.9 Å². The van der Waals surface area contributed by atoms with Crippen LogP contribution in [0.15, 0.2) is 77.0 Å². The molecule has 1 aliphatic rings. The minimum absolute atomic E-state index is 0.151. The van der Waals surface area contributed by atoms with E-state index in [1.165, 1.54) is 17.5 Å². The molecule has 0 unspecified atom stereocenters. The van der Waals surface area contributed by atoms with Gasteiger partial charge in [0.05, 0.1) is 6.26 Å². The fraction of sp³-hybridized carbons (Fsp3) is 0.259. The second-order valence-electron chi connectivity index (χ2n) is 8.33. The largest absolute Gasteiger partial charge is 0.465 e. The minimum atomic E-state index is -0.344. The number of hydrogen-bond acceptors (Lipinski definition) is 4. The normalized spacial score (nSPS) is 15.3. The molecule has 6 nitrogen and oxygen atoms in total. The second kappa shape index (κ2) is 10.2. The SMILES string of the molecule is Cc1ccccc1C(=O)N/C(=C\c1ccco1)C(=O)NCCCN1c2ccccc2C[C@H]1C. The van der Waals surface area contributed by atoms with Crippen LogP contribution in [0.3, 0.4) is 0 Å². The summed E-state index contributed by atoms with van der Waals surface area (Å²) < 4.78 is 5.35. The molecule has 6 heteroatoms. The molecule has 33 heavy (non-hydrogen) atoms. The lowest BCUT2D eigenvalue weighted by atomic mass is 10.1. The second-order valence-corrected chi connectivity index (χ2v) is 8.33. The van der Waals surface area contributed by atoms with Crippen molar-refractivity contribution in [2.45, 2.75) is 32.7 Å². The molecule has 0 saturated heterocycles. The first-order valence-electron chi connectivity index (χ1n) is 11.3. The van der Waals surface area contributed by atoms with Crippen molar-refractivity contribution in [2.75, 3.05) is 18.0 Å². The third-order valence-corrected chi connectivity index (χ3v) is 5.92. The van der Waals surface area contributed by atoms with Crippen LogP contribution in [-0.2, 0) is 11.2 Å². The molecular weight excluding hydrogens is 414 g/mol. The van der Waals surface area contributed by atoms with E-state index in [-0.39, 0.29) is 17.5 Å². The number of aryl methyl sites for hydroxylation is 1. The van der Waals surface area contributed by atoms with E-state index in [0.29, 0.717) is 23.9 Å². The molecule has 3 aromatic rings. The van der Waals surface area contributed by atoms with Crippen molar-refractivity contribution in [1.29, 1.82) is 0 Å². The molecule has 2 heterocycles. The molecule has 0 bridgehead atoms. The number of fused-ring (bicyclic) bond motifs is 1. The molecule has 2 aromatic carbocycles. The number of furan rings is 1. The summed E-state index contributed by atoms with van der Waals surface area (Å²) >= 11 is 0. The Labute approximate surface area is 194 Å². The Hall–Kier alpha value is -3.80. The zero-order chi connectivity index (χ0) is 23.2. The summed E-state index contributed by atoms with van der Waals surface area (Å²) in [5.41, 5.74) is 4.17. The lowest BCUT2D eigenvalue weighted by Crippen LogP contribution is -2.37. The summed E-state index contributed by atoms with van der Waals surface area (Å²) in [5.74, 6) is -0.181. The Bertz CT molecular complexity index is 1150. The van der Waals surface area contributed by atoms with Gasteiger partial charge in [-0.1, -0.05) is 36.4 Å². The van der Waals surface area contributed by atoms with Crippen molar-refractivity contribution in [3.8, 4) is 0 Å². The number of rotatable bonds is 8. The van der Waals surface area contributed by atoms with Gasteiger partial charge in [-0.2, -0.15) is 0 Å². The highest BCUT2D eigenvalue weighted by Crippen LogP contribution is 2.31. The molecule has 1 aromatic heterocycles. The molecule has 0 fully saturated rings. The van der Waals surface area contributed by atoms with Crippen LogP contribution in [0.4, 0.5) is 5.69 Å². The van der Waals surface area contributed by atoms with Gasteiger partial charge in [-0.05, 0) is 62.1 Å². The Morgan fingerprint density at radius 3 is 2.67 bits per heavy atom. The fourth-order valence-corrected chi connectivity index (χ4v) is 4.21. The van der Waals surface area contributed by atoms with Crippen LogP contribution in [0.2, 0.25) is 0 Å². The van der Waals surface area contributed by atoms with Crippen molar-refractivity contribution in [3.63, 3.8) is 0 Å². The maximum Gasteiger partial charge on any atom is 0.267 e. The van der Waals surface area contributed by atoms with E-state index in [4.69, 9.17) is 4.42 Å². The molecule has 170 valence electrons. The van der Waals surface area contributed by atoms with E-state index < -0.39 is 0 Å². The summed E-state index contributed by atoms with van der Waals surface area (Å²) in [5, 5.41) is 5.69. The first kappa shape index (κ1) is 22.4. The zero-order valence-electron chi connectivity index (χ0n) is 19.0. The molecule has 0 aliphatic carbocycles. The van der Waals surface area contributed by atoms with Gasteiger partial charge in [0, 0.05) is 36.5 Å². The molecule has 4 rings (SSSR count). The summed E-state index contributed by atoms with van der Waals surface area (Å²) in [6.07, 6.45) is 4.91. The Kier molecular flexibility index (Phi) is 6.93. The number of nitrogens with one attached hydrogen (secondary N) is 2. The number of carbonyl (C=O) groups is 2. The van der Waals surface area contributed by atoms with Crippen LogP contribution in [0, 0.1) is 6.92 Å². The van der Waals surface area contributed by atoms with Crippen molar-refractivity contribution in [1.82, 2.24) is 10.6 Å². The number of carbonyl (C=O) groups excluding carboxylic acids is 2. The van der Waals surface area contributed by atoms with Crippen molar-refractivity contribution < 1.29 is 14.0 Å². The topological polar surface area (TPSA) is 74.6 Å². The van der Waals surface area contributed by atoms with Gasteiger partial charge in [0.25, 0.3) is 11.8 Å². The number of anilines is 1. The van der Waals surface area contributed by atoms with Gasteiger partial charge >= 0.3 is 0 Å². The van der Waals surface area contributed by atoms with Gasteiger partial charge in [0.15, 0.2) is 0 Å². The van der Waals surface area contributed by atoms with Crippen molar-refractivity contribution >= 4 is 23.6 Å². The Balaban J connectivity index is 1.38. The van der Waals surface area contributed by atoms with Gasteiger partial charge in [0.1, 0.15) is 11.5 Å². The smallest absolute Gasteiger partial charge is 0.267 e. The highest BCUT2D eigenvalue weighted by molar-refractivity contribution is 6.05. The highest BCUT2D eigenvalue weighted by Gasteiger charge is 2.24. The van der Waals surface area contributed by atoms with Crippen molar-refractivity contribution in [2.24, 2.45) is 0 Å². The molecule has 2 amide bonds. The maximum absolute atomic E-state index is 12.9. The zero-order valence-corrected chi connectivity index (χ0v) is 19.0. The van der Waals surface area contributed by atoms with E-state index in [1.54, 1.807) is 30.3 Å². The molecule has 0 radical (unpaired) electrons. The predicted octanol–water partition coefficient (Wildman–Crippen LogP) is 4.32. The molecule has 2 N–H and O–H groups in total. The molecular formula is C27H29N3O3. The van der Waals surface area contributed by atoms with Gasteiger partial charge in [-0.3, -0.25) is 9.59 Å². The molecule has 1 aliphatic heterocycles. The first-order valence-corrected chi connectivity index (χ1v) is 11.3. The van der Waals surface area contributed by atoms with Crippen LogP contribution in [-0.4, -0.2) is 30.9 Å². The van der Waals surface area contributed by atoms with Gasteiger partial charge in [0.2, 0.25) is 0 Å². The van der Waals surface area contributed by atoms with E-state index in [2.05, 4.69) is 46.7 Å². The highest BCUT2D eigenvalue weighted by atomic mass is 16.3. The third-order valence-electron chi connectivity index (χ3n) is 5.92. The lowest BCUT2D eigenvalue weighted by molar-refractivity contribution is -0.117. The van der Waals surface area contributed by atoms with E-state index in [1.807, 2.05) is 19.1 Å². The first-order chi connectivity index (χ1) is 16.0. The third kappa shape index (κ3) is 5.34. The van der Waals surface area contributed by atoms with Crippen LogP contribution in [0.1, 0.15) is 40.6 Å². The average molecular weight is 444 g/mol. The summed E-state index contributed by atoms with van der Waals surface area (Å²) in [6, 6.07) is 19.7. The molecule has 0 spiro atoms. The standard InChI is InChI=1S/C27H29N3O3/c1-19-9-3-5-12-23(19)26(31)29-24(18-22-11-7-16-33-22)27(32)28-14-8-15-30-20(2)17-21-10-4-6-13-25(21)30/h3-7,9-13,16,18,20H,8,14-15,17H2,1-2H3,(H,28,32)(H,29,31)/b24-18-/t20-/m1/s1. The molecule has 1 atom stereocenters. The summed E-state index contributed by atoms with van der Waals surface area (Å²) in [6.45, 7) is 5.44. The number of nitrogens with zero attached hydrogens (tertiary/aromatic N) is 1. The quantitative estimate of drug-likeness (QED) is 0.402. The van der Waals surface area contributed by atoms with Gasteiger partial charge in [-0.15, -0.1) is 0 Å². The van der Waals surface area contributed by atoms with Crippen molar-refractivity contribution in [3.05, 3.63) is 95.1 Å². The van der Waals surface area contributed by atoms with Crippen LogP contribution >= 0.6 is 0 Å². The summed E-state index contributed by atoms with van der Waals surface area (Å²) in [4.78, 5) is 28.1. The number of para-hydroxylation sites is 1. The number of benzene rings is 2. The van der Waals surface area contributed by atoms with Crippen LogP contribution in [0.5, 0.6) is 0 Å². The summed E-state index contributed by atoms with van der Waals surface area (Å²) in [7, 11) is 0. The Morgan fingerprint density at radius 2 is 1.88 bits per heavy atom. The van der Waals surface area contributed by atoms with E-state index in [9.17, 15) is 9.59 Å². The number of hydrogen-bond donors (Lipinski definition) is 2. The minimum Gasteiger partial charge on any atom is -0.465 e. The van der Waals surface area contributed by atoms with Crippen LogP contribution in [0.25, 0.3) is 6.08 Å². The molecule has 0 saturated carbocycles. The fourth-order valence-electron chi connectivity index (χ4n) is 4.21. The average Bonchev–Trinajstić information content (AvgIpc) is 3.43. The lowest BCUT2D eigenvalue weighted by Gasteiger charge is -2.25. The number of amides is 2. The van der Waals surface area contributed by atoms with Crippen LogP contribution < -0.4 is 15.5 Å². The maximum atomic E-state index is 12.9. The predicted molar refractivity (Wildman–Crippen MR) is 130 cm³/mol. The van der Waals surface area contributed by atoms with E-state index >= 15 is 0 Å². The van der Waals surface area contributed by atoms with Gasteiger partial charge in [-0.25, -0.2) is 0 Å². The Morgan fingerprint density at radius 1 is 1.09 bits per heavy atom. The monoisotopic (exact) mass is 443 g/mol.